The number of hydrogen-bond donors (Lipinski definition) is 1. The fourth-order valence-electron chi connectivity index (χ4n) is 5.68. The molecule has 2 bridgehead atoms. The Morgan fingerprint density at radius 3 is 2.38 bits per heavy atom. The number of amides is 1. The highest BCUT2D eigenvalue weighted by atomic mass is 19.4. The van der Waals surface area contributed by atoms with Gasteiger partial charge in [-0.15, -0.1) is 0 Å². The Labute approximate surface area is 256 Å². The molecule has 3 fully saturated rings. The number of pyridine rings is 2. The molecule has 0 saturated carbocycles. The third-order valence-electron chi connectivity index (χ3n) is 7.65. The number of carbonyl (C=O) groups is 2. The van der Waals surface area contributed by atoms with Gasteiger partial charge in [0.1, 0.15) is 17.6 Å². The van der Waals surface area contributed by atoms with Crippen molar-refractivity contribution >= 4 is 23.2 Å². The van der Waals surface area contributed by atoms with Crippen LogP contribution >= 0.6 is 0 Å². The Kier molecular flexibility index (Phi) is 8.92. The number of halogens is 3. The number of carboxylic acids is 1. The maximum Gasteiger partial charge on any atom is 0.490 e. The van der Waals surface area contributed by atoms with Gasteiger partial charge in [0.15, 0.2) is 6.10 Å². The first-order valence-electron chi connectivity index (χ1n) is 14.0. The summed E-state index contributed by atoms with van der Waals surface area (Å²) in [5.41, 5.74) is 3.82. The summed E-state index contributed by atoms with van der Waals surface area (Å²) in [7, 11) is 1.59. The smallest absolute Gasteiger partial charge is 0.490 e. The first kappa shape index (κ1) is 31.3. The molecule has 3 aliphatic rings. The summed E-state index contributed by atoms with van der Waals surface area (Å²) in [5.74, 6) is -1.19. The minimum Gasteiger partial charge on any atom is -0.492 e. The van der Waals surface area contributed by atoms with Crippen molar-refractivity contribution in [3.63, 3.8) is 0 Å². The maximum absolute atomic E-state index is 13.4. The number of aromatic nitrogens is 3. The van der Waals surface area contributed by atoms with Gasteiger partial charge in [0.05, 0.1) is 42.2 Å². The molecule has 3 aliphatic heterocycles. The van der Waals surface area contributed by atoms with E-state index in [1.807, 2.05) is 66.6 Å². The van der Waals surface area contributed by atoms with Gasteiger partial charge >= 0.3 is 12.1 Å². The average Bonchev–Trinajstić information content (AvgIpc) is 3.45. The van der Waals surface area contributed by atoms with Gasteiger partial charge in [0.2, 0.25) is 0 Å². The van der Waals surface area contributed by atoms with Gasteiger partial charge in [0.25, 0.3) is 5.91 Å². The molecular weight excluding hydrogens is 593 g/mol. The van der Waals surface area contributed by atoms with Crippen molar-refractivity contribution in [2.24, 2.45) is 0 Å². The molecule has 3 saturated heterocycles. The summed E-state index contributed by atoms with van der Waals surface area (Å²) in [5, 5.41) is 21.0. The lowest BCUT2D eigenvalue weighted by atomic mass is 9.86. The maximum atomic E-state index is 13.4. The zero-order chi connectivity index (χ0) is 32.3. The number of ether oxygens (including phenoxy) is 2. The molecule has 0 aliphatic carbocycles. The van der Waals surface area contributed by atoms with Crippen molar-refractivity contribution in [3.8, 4) is 22.9 Å². The van der Waals surface area contributed by atoms with Crippen molar-refractivity contribution < 1.29 is 37.3 Å². The number of anilines is 1. The van der Waals surface area contributed by atoms with Gasteiger partial charge in [-0.05, 0) is 37.1 Å². The second-order valence-electron chi connectivity index (χ2n) is 10.4. The van der Waals surface area contributed by atoms with Crippen LogP contribution in [-0.4, -0.2) is 81.5 Å². The number of nitrogens with zero attached hydrogens (tertiary/aromatic N) is 6. The fourth-order valence-corrected chi connectivity index (χ4v) is 5.68. The van der Waals surface area contributed by atoms with Crippen molar-refractivity contribution in [2.75, 3.05) is 31.7 Å². The second kappa shape index (κ2) is 12.8. The Morgan fingerprint density at radius 1 is 1.13 bits per heavy atom. The summed E-state index contributed by atoms with van der Waals surface area (Å²) in [6.07, 6.45) is 0.496. The highest BCUT2D eigenvalue weighted by molar-refractivity contribution is 5.86. The number of benzene rings is 1. The van der Waals surface area contributed by atoms with Crippen LogP contribution in [0.15, 0.2) is 67.1 Å². The molecule has 45 heavy (non-hydrogen) atoms. The topological polar surface area (TPSA) is 133 Å². The number of nitriles is 1. The first-order chi connectivity index (χ1) is 21.5. The number of piperidine rings is 1. The number of alkyl halides is 3. The van der Waals surface area contributed by atoms with Gasteiger partial charge in [-0.25, -0.2) is 14.3 Å². The molecule has 4 aromatic rings. The van der Waals surface area contributed by atoms with Crippen molar-refractivity contribution in [1.82, 2.24) is 19.5 Å². The fraction of sp³-hybridized carbons (Fsp3) is 0.323. The minimum absolute atomic E-state index is 0.0233. The highest BCUT2D eigenvalue weighted by Gasteiger charge is 2.49. The van der Waals surface area contributed by atoms with Crippen molar-refractivity contribution in [3.05, 3.63) is 78.2 Å². The van der Waals surface area contributed by atoms with Crippen LogP contribution in [0.2, 0.25) is 0 Å². The van der Waals surface area contributed by atoms with E-state index in [9.17, 15) is 23.2 Å². The van der Waals surface area contributed by atoms with Gasteiger partial charge < -0.3 is 24.4 Å². The summed E-state index contributed by atoms with van der Waals surface area (Å²) >= 11 is 0. The summed E-state index contributed by atoms with van der Waals surface area (Å²) in [4.78, 5) is 31.2. The van der Waals surface area contributed by atoms with E-state index in [1.165, 1.54) is 0 Å². The molecule has 1 aromatic carbocycles. The van der Waals surface area contributed by atoms with E-state index < -0.39 is 18.2 Å². The number of rotatable bonds is 7. The lowest BCUT2D eigenvalue weighted by Crippen LogP contribution is -2.71. The van der Waals surface area contributed by atoms with E-state index in [-0.39, 0.29) is 18.0 Å². The van der Waals surface area contributed by atoms with Crippen LogP contribution in [0.5, 0.6) is 5.75 Å². The van der Waals surface area contributed by atoms with Gasteiger partial charge in [-0.3, -0.25) is 4.79 Å². The molecule has 1 N–H and O–H groups in total. The molecule has 14 heteroatoms. The Morgan fingerprint density at radius 2 is 1.82 bits per heavy atom. The molecular formula is C31H29F3N6O5. The van der Waals surface area contributed by atoms with Gasteiger partial charge in [-0.2, -0.15) is 23.5 Å². The zero-order valence-corrected chi connectivity index (χ0v) is 24.3. The number of carbonyl (C=O) groups excluding carboxylic acids is 1. The third kappa shape index (κ3) is 6.39. The SMILES string of the molecule is CCOc1cc(-c2ccc(N3CC4CC(C3)N4C(=O)C(OC)c3ccccc3)nc2)c2c(C#N)cnn2c1.O=C(O)C(F)(F)F. The highest BCUT2D eigenvalue weighted by Crippen LogP contribution is 2.38. The number of fused-ring (bicyclic) bond motifs is 3. The van der Waals surface area contributed by atoms with Crippen LogP contribution in [0.3, 0.4) is 0 Å². The number of carboxylic acid groups (broad SMARTS) is 1. The molecule has 234 valence electrons. The zero-order valence-electron chi connectivity index (χ0n) is 24.3. The quantitative estimate of drug-likeness (QED) is 0.317. The molecule has 11 nitrogen and oxygen atoms in total. The predicted molar refractivity (Wildman–Crippen MR) is 155 cm³/mol. The van der Waals surface area contributed by atoms with Gasteiger partial charge in [0, 0.05) is 37.5 Å². The third-order valence-corrected chi connectivity index (χ3v) is 7.65. The Hall–Kier alpha value is -5.16. The van der Waals surface area contributed by atoms with E-state index in [0.717, 1.165) is 47.5 Å². The molecule has 0 spiro atoms. The number of methoxy groups -OCH3 is 1. The van der Waals surface area contributed by atoms with Crippen LogP contribution < -0.4 is 9.64 Å². The monoisotopic (exact) mass is 622 g/mol. The van der Waals surface area contributed by atoms with E-state index in [2.05, 4.69) is 16.1 Å². The first-order valence-corrected chi connectivity index (χ1v) is 14.0. The summed E-state index contributed by atoms with van der Waals surface area (Å²) in [6.45, 7) is 3.91. The molecule has 3 aromatic heterocycles. The van der Waals surface area contributed by atoms with Gasteiger partial charge in [-0.1, -0.05) is 30.3 Å². The standard InChI is InChI=1S/C29H28N6O3.C2HF3O2/c1-3-38-24-12-25(27-21(13-30)15-32-34(27)18-24)20-9-10-26(31-14-20)33-16-22-11-23(17-33)35(22)29(36)28(37-2)19-7-5-4-6-8-19;3-2(4,5)1(6)7/h4-10,12,14-15,18,22-23,28H,3,11,16-17H2,1-2H3;(H,6,7). The van der Waals surface area contributed by atoms with Crippen molar-refractivity contribution in [1.29, 1.82) is 5.26 Å². The lowest BCUT2D eigenvalue weighted by molar-refractivity contribution is -0.192. The lowest BCUT2D eigenvalue weighted by Gasteiger charge is -2.57. The Bertz CT molecular complexity index is 1710. The molecule has 7 rings (SSSR count). The number of aliphatic carboxylic acids is 1. The van der Waals surface area contributed by atoms with Crippen LogP contribution in [-0.2, 0) is 14.3 Å². The van der Waals surface area contributed by atoms with Crippen LogP contribution in [0.25, 0.3) is 16.6 Å². The molecule has 3 unspecified atom stereocenters. The number of hydrogen-bond acceptors (Lipinski definition) is 8. The largest absolute Gasteiger partial charge is 0.492 e. The predicted octanol–water partition coefficient (Wildman–Crippen LogP) is 4.48. The van der Waals surface area contributed by atoms with E-state index >= 15 is 0 Å². The van der Waals surface area contributed by atoms with Crippen LogP contribution in [0.4, 0.5) is 19.0 Å². The van der Waals surface area contributed by atoms with E-state index in [4.69, 9.17) is 24.4 Å². The molecule has 3 atom stereocenters. The Balaban J connectivity index is 0.000000515. The number of piperazine rings is 1. The van der Waals surface area contributed by atoms with E-state index in [1.54, 1.807) is 24.0 Å². The molecule has 1 amide bonds. The summed E-state index contributed by atoms with van der Waals surface area (Å²) in [6, 6.07) is 18.1. The van der Waals surface area contributed by atoms with E-state index in [0.29, 0.717) is 17.9 Å². The second-order valence-corrected chi connectivity index (χ2v) is 10.4. The molecule has 6 heterocycles. The van der Waals surface area contributed by atoms with Crippen LogP contribution in [0.1, 0.15) is 30.6 Å². The molecule has 0 radical (unpaired) electrons. The normalized spacial score (nSPS) is 17.9. The average molecular weight is 623 g/mol. The minimum atomic E-state index is -5.08. The summed E-state index contributed by atoms with van der Waals surface area (Å²) < 4.78 is 44.7. The van der Waals surface area contributed by atoms with Crippen LogP contribution in [0, 0.1) is 11.3 Å². The van der Waals surface area contributed by atoms with Crippen molar-refractivity contribution in [2.45, 2.75) is 37.7 Å².